The molecule has 0 aliphatic rings. The molecule has 3 aromatic heterocycles. The summed E-state index contributed by atoms with van der Waals surface area (Å²) in [7, 11) is 0. The normalized spacial score (nSPS) is 10.7. The van der Waals surface area contributed by atoms with Gasteiger partial charge < -0.3 is 26.6 Å². The molecule has 0 radical (unpaired) electrons. The van der Waals surface area contributed by atoms with Crippen LogP contribution in [0.2, 0.25) is 0 Å². The standard InChI is InChI=1S/C13H10BrN7O2/c14-9-8-11(18-4-19-12(8)21-10(9)13(22)23)20-7-1-5(2-15)6(16)3-17-7/h1-4,15H,16H2,(H,22,23)(H2,17,18,19,20,21). The lowest BCUT2D eigenvalue weighted by molar-refractivity contribution is 0.0690. The van der Waals surface area contributed by atoms with E-state index in [1.165, 1.54) is 12.5 Å². The highest BCUT2D eigenvalue weighted by Crippen LogP contribution is 2.32. The Kier molecular flexibility index (Phi) is 3.66. The van der Waals surface area contributed by atoms with E-state index in [9.17, 15) is 4.79 Å². The fraction of sp³-hybridized carbons (Fsp3) is 0. The fourth-order valence-electron chi connectivity index (χ4n) is 2.02. The molecular formula is C13H10BrN7O2. The second-order valence-corrected chi connectivity index (χ2v) is 5.33. The first-order chi connectivity index (χ1) is 11.0. The van der Waals surface area contributed by atoms with Gasteiger partial charge in [-0.2, -0.15) is 0 Å². The molecule has 3 rings (SSSR count). The number of hydrogen-bond donors (Lipinski definition) is 5. The van der Waals surface area contributed by atoms with Crippen LogP contribution in [-0.4, -0.2) is 37.2 Å². The third-order valence-electron chi connectivity index (χ3n) is 3.11. The molecule has 3 heterocycles. The number of aromatic amines is 1. The first kappa shape index (κ1) is 14.9. The zero-order valence-corrected chi connectivity index (χ0v) is 13.0. The van der Waals surface area contributed by atoms with Gasteiger partial charge in [0.2, 0.25) is 0 Å². The molecule has 10 heteroatoms. The van der Waals surface area contributed by atoms with E-state index in [-0.39, 0.29) is 5.69 Å². The first-order valence-corrected chi connectivity index (χ1v) is 7.09. The molecule has 0 bridgehead atoms. The van der Waals surface area contributed by atoms with Crippen molar-refractivity contribution in [2.24, 2.45) is 0 Å². The van der Waals surface area contributed by atoms with Gasteiger partial charge in [-0.05, 0) is 22.0 Å². The molecule has 0 unspecified atom stereocenters. The molecule has 0 fully saturated rings. The summed E-state index contributed by atoms with van der Waals surface area (Å²) in [6.45, 7) is 0. The number of nitrogens with two attached hydrogens (primary N) is 1. The van der Waals surface area contributed by atoms with Crippen molar-refractivity contribution in [3.63, 3.8) is 0 Å². The molecular weight excluding hydrogens is 366 g/mol. The van der Waals surface area contributed by atoms with Gasteiger partial charge in [-0.3, -0.25) is 0 Å². The predicted octanol–water partition coefficient (Wildman–Crippen LogP) is 2.14. The Balaban J connectivity index is 2.10. The van der Waals surface area contributed by atoms with Crippen LogP contribution in [-0.2, 0) is 0 Å². The summed E-state index contributed by atoms with van der Waals surface area (Å²) in [4.78, 5) is 26.2. The van der Waals surface area contributed by atoms with Crippen LogP contribution >= 0.6 is 15.9 Å². The molecule has 23 heavy (non-hydrogen) atoms. The lowest BCUT2D eigenvalue weighted by atomic mass is 10.2. The Morgan fingerprint density at radius 2 is 2.22 bits per heavy atom. The van der Waals surface area contributed by atoms with E-state index < -0.39 is 5.97 Å². The smallest absolute Gasteiger partial charge is 0.353 e. The largest absolute Gasteiger partial charge is 0.477 e. The maximum absolute atomic E-state index is 11.2. The van der Waals surface area contributed by atoms with Crippen LogP contribution in [0.3, 0.4) is 0 Å². The summed E-state index contributed by atoms with van der Waals surface area (Å²) in [5.74, 6) is -0.320. The van der Waals surface area contributed by atoms with E-state index in [0.29, 0.717) is 38.4 Å². The Morgan fingerprint density at radius 1 is 1.43 bits per heavy atom. The van der Waals surface area contributed by atoms with Crippen LogP contribution in [0.1, 0.15) is 16.1 Å². The van der Waals surface area contributed by atoms with Gasteiger partial charge in [-0.15, -0.1) is 0 Å². The third-order valence-corrected chi connectivity index (χ3v) is 3.91. The number of H-pyrrole nitrogens is 1. The second kappa shape index (κ2) is 5.65. The number of carboxylic acids is 1. The van der Waals surface area contributed by atoms with Gasteiger partial charge in [0.05, 0.1) is 21.7 Å². The Morgan fingerprint density at radius 3 is 2.91 bits per heavy atom. The van der Waals surface area contributed by atoms with Crippen LogP contribution < -0.4 is 11.1 Å². The minimum Gasteiger partial charge on any atom is -0.477 e. The molecule has 0 atom stereocenters. The first-order valence-electron chi connectivity index (χ1n) is 6.29. The van der Waals surface area contributed by atoms with Gasteiger partial charge in [-0.25, -0.2) is 19.7 Å². The number of aromatic carboxylic acids is 1. The molecule has 0 aromatic carbocycles. The number of carbonyl (C=O) groups is 1. The highest BCUT2D eigenvalue weighted by molar-refractivity contribution is 9.10. The number of nitrogen functional groups attached to an aromatic ring is 1. The fourth-order valence-corrected chi connectivity index (χ4v) is 2.67. The number of nitrogens with one attached hydrogen (secondary N) is 3. The van der Waals surface area contributed by atoms with Crippen molar-refractivity contribution in [1.82, 2.24) is 19.9 Å². The van der Waals surface area contributed by atoms with E-state index in [0.717, 1.165) is 6.21 Å². The molecule has 6 N–H and O–H groups in total. The summed E-state index contributed by atoms with van der Waals surface area (Å²) < 4.78 is 0.339. The maximum atomic E-state index is 11.2. The highest BCUT2D eigenvalue weighted by atomic mass is 79.9. The van der Waals surface area contributed by atoms with Crippen LogP contribution in [0.25, 0.3) is 11.0 Å². The maximum Gasteiger partial charge on any atom is 0.353 e. The third kappa shape index (κ3) is 2.59. The molecule has 3 aromatic rings. The average molecular weight is 376 g/mol. The van der Waals surface area contributed by atoms with E-state index in [4.69, 9.17) is 16.2 Å². The quantitative estimate of drug-likeness (QED) is 0.437. The van der Waals surface area contributed by atoms with Crippen LogP contribution in [0, 0.1) is 5.41 Å². The Labute approximate surface area is 137 Å². The predicted molar refractivity (Wildman–Crippen MR) is 88.4 cm³/mol. The summed E-state index contributed by atoms with van der Waals surface area (Å²) in [5.41, 5.74) is 6.94. The van der Waals surface area contributed by atoms with Gasteiger partial charge in [0.15, 0.2) is 0 Å². The monoisotopic (exact) mass is 375 g/mol. The van der Waals surface area contributed by atoms with E-state index in [2.05, 4.69) is 41.2 Å². The molecule has 0 spiro atoms. The number of hydrogen-bond acceptors (Lipinski definition) is 7. The van der Waals surface area contributed by atoms with Crippen LogP contribution in [0.15, 0.2) is 23.1 Å². The molecule has 0 aliphatic heterocycles. The van der Waals surface area contributed by atoms with Crippen molar-refractivity contribution in [1.29, 1.82) is 5.41 Å². The van der Waals surface area contributed by atoms with Gasteiger partial charge in [0.25, 0.3) is 0 Å². The van der Waals surface area contributed by atoms with Crippen molar-refractivity contribution in [3.8, 4) is 0 Å². The van der Waals surface area contributed by atoms with Crippen LogP contribution in [0.4, 0.5) is 17.3 Å². The van der Waals surface area contributed by atoms with Gasteiger partial charge >= 0.3 is 5.97 Å². The molecule has 9 nitrogen and oxygen atoms in total. The van der Waals surface area contributed by atoms with Crippen LogP contribution in [0.5, 0.6) is 0 Å². The number of pyridine rings is 1. The summed E-state index contributed by atoms with van der Waals surface area (Å²) in [6, 6.07) is 1.59. The number of rotatable bonds is 4. The van der Waals surface area contributed by atoms with Crippen molar-refractivity contribution in [2.45, 2.75) is 0 Å². The number of carboxylic acid groups (broad SMARTS) is 1. The molecule has 116 valence electrons. The Bertz CT molecular complexity index is 937. The number of anilines is 3. The summed E-state index contributed by atoms with van der Waals surface area (Å²) in [5, 5.41) is 19.9. The number of halogens is 1. The number of fused-ring (bicyclic) bond motifs is 1. The van der Waals surface area contributed by atoms with E-state index in [1.807, 2.05) is 0 Å². The minimum absolute atomic E-state index is 0.0194. The number of nitrogens with zero attached hydrogens (tertiary/aromatic N) is 3. The molecule has 0 saturated heterocycles. The summed E-state index contributed by atoms with van der Waals surface area (Å²) >= 11 is 3.25. The minimum atomic E-state index is -1.11. The molecule has 0 aliphatic carbocycles. The number of aromatic nitrogens is 4. The zero-order chi connectivity index (χ0) is 16.6. The second-order valence-electron chi connectivity index (χ2n) is 4.53. The van der Waals surface area contributed by atoms with Gasteiger partial charge in [0.1, 0.15) is 29.3 Å². The van der Waals surface area contributed by atoms with Crippen molar-refractivity contribution in [3.05, 3.63) is 34.3 Å². The Hall–Kier alpha value is -3.01. The van der Waals surface area contributed by atoms with Gasteiger partial charge in [0, 0.05) is 11.8 Å². The highest BCUT2D eigenvalue weighted by Gasteiger charge is 2.19. The summed E-state index contributed by atoms with van der Waals surface area (Å²) in [6.07, 6.45) is 3.84. The van der Waals surface area contributed by atoms with Crippen molar-refractivity contribution < 1.29 is 9.90 Å². The zero-order valence-electron chi connectivity index (χ0n) is 11.5. The molecule has 0 amide bonds. The SMILES string of the molecule is N=Cc1cc(Nc2ncnc3[nH]c(C(=O)O)c(Br)c23)ncc1N. The average Bonchev–Trinajstić information content (AvgIpc) is 2.87. The van der Waals surface area contributed by atoms with E-state index in [1.54, 1.807) is 6.07 Å². The van der Waals surface area contributed by atoms with E-state index >= 15 is 0 Å². The van der Waals surface area contributed by atoms with Crippen molar-refractivity contribution in [2.75, 3.05) is 11.1 Å². The lowest BCUT2D eigenvalue weighted by Gasteiger charge is -2.07. The lowest BCUT2D eigenvalue weighted by Crippen LogP contribution is -2.01. The van der Waals surface area contributed by atoms with Crippen molar-refractivity contribution >= 4 is 56.5 Å². The topological polar surface area (TPSA) is 154 Å². The molecule has 0 saturated carbocycles. The van der Waals surface area contributed by atoms with Gasteiger partial charge in [-0.1, -0.05) is 0 Å².